The summed E-state index contributed by atoms with van der Waals surface area (Å²) in [5, 5.41) is 15.0. The number of aliphatic carboxylic acids is 1. The van der Waals surface area contributed by atoms with Crippen molar-refractivity contribution in [3.05, 3.63) is 0 Å². The quantitative estimate of drug-likeness (QED) is 0.580. The second-order valence-corrected chi connectivity index (χ2v) is 2.32. The van der Waals surface area contributed by atoms with Gasteiger partial charge in [-0.3, -0.25) is 0 Å². The number of hydrogen-bond donors (Lipinski definition) is 2. The van der Waals surface area contributed by atoms with Crippen LogP contribution in [0.15, 0.2) is 0 Å². The number of hydrogen-bond acceptors (Lipinski definition) is 2. The van der Waals surface area contributed by atoms with E-state index in [0.717, 1.165) is 0 Å². The molecule has 0 radical (unpaired) electrons. The first-order valence-electron chi connectivity index (χ1n) is 3.60. The monoisotopic (exact) mass is 146 g/mol. The van der Waals surface area contributed by atoms with Crippen LogP contribution in [0.3, 0.4) is 0 Å². The van der Waals surface area contributed by atoms with Gasteiger partial charge in [-0.15, -0.1) is 0 Å². The van der Waals surface area contributed by atoms with Crippen molar-refractivity contribution < 1.29 is 15.0 Å². The highest BCUT2D eigenvalue weighted by Gasteiger charge is 1.95. The number of carbonyl (C=O) groups is 1. The third kappa shape index (κ3) is 7.43. The van der Waals surface area contributed by atoms with Gasteiger partial charge in [0.05, 0.1) is 0 Å². The van der Waals surface area contributed by atoms with Gasteiger partial charge < -0.3 is 10.2 Å². The highest BCUT2D eigenvalue weighted by molar-refractivity contribution is 5.67. The summed E-state index contributed by atoms with van der Waals surface area (Å²) >= 11 is 0. The van der Waals surface area contributed by atoms with Gasteiger partial charge in [0, 0.05) is 0 Å². The molecule has 0 atom stereocenters. The summed E-state index contributed by atoms with van der Waals surface area (Å²) in [5.74, 6) is -1.19. The minimum Gasteiger partial charge on any atom is -0.480 e. The van der Waals surface area contributed by atoms with Gasteiger partial charge in [0.1, 0.15) is 6.61 Å². The molecule has 0 aromatic heterocycles. The highest BCUT2D eigenvalue weighted by atomic mass is 16.4. The third-order valence-corrected chi connectivity index (χ3v) is 1.39. The molecule has 0 amide bonds. The number of carboxylic acid groups (broad SMARTS) is 1. The first kappa shape index (κ1) is 9.43. The largest absolute Gasteiger partial charge is 0.480 e. The van der Waals surface area contributed by atoms with Crippen LogP contribution in [0.2, 0.25) is 0 Å². The van der Waals surface area contributed by atoms with Crippen molar-refractivity contribution >= 4 is 5.97 Å². The molecule has 60 valence electrons. The van der Waals surface area contributed by atoms with Crippen molar-refractivity contribution in [2.75, 3.05) is 6.61 Å². The fourth-order valence-electron chi connectivity index (χ4n) is 0.884. The standard InChI is InChI=1S/C5H10.C2H4O3/c1-2-4-5-3-1;3-1-2(4)5/h1-5H2;3H,1H2,(H,4,5). The van der Waals surface area contributed by atoms with Gasteiger partial charge in [-0.05, 0) is 0 Å². The van der Waals surface area contributed by atoms with Crippen LogP contribution in [0.5, 0.6) is 0 Å². The zero-order chi connectivity index (χ0) is 7.82. The van der Waals surface area contributed by atoms with E-state index in [1.165, 1.54) is 32.1 Å². The Morgan fingerprint density at radius 1 is 1.10 bits per heavy atom. The summed E-state index contributed by atoms with van der Waals surface area (Å²) in [6.07, 6.45) is 7.50. The molecular formula is C7H14O3. The van der Waals surface area contributed by atoms with Gasteiger partial charge >= 0.3 is 5.97 Å². The maximum atomic E-state index is 9.12. The van der Waals surface area contributed by atoms with E-state index in [1.54, 1.807) is 0 Å². The molecule has 3 heteroatoms. The van der Waals surface area contributed by atoms with Crippen LogP contribution >= 0.6 is 0 Å². The second kappa shape index (κ2) is 6.55. The van der Waals surface area contributed by atoms with E-state index in [1.807, 2.05) is 0 Å². The Kier molecular flexibility index (Phi) is 6.18. The molecule has 0 saturated heterocycles. The van der Waals surface area contributed by atoms with Gasteiger partial charge in [-0.1, -0.05) is 32.1 Å². The third-order valence-electron chi connectivity index (χ3n) is 1.39. The number of aliphatic hydroxyl groups excluding tert-OH is 1. The van der Waals surface area contributed by atoms with Crippen LogP contribution in [-0.4, -0.2) is 22.8 Å². The van der Waals surface area contributed by atoms with E-state index >= 15 is 0 Å². The minimum absolute atomic E-state index is 0.778. The molecule has 0 aliphatic heterocycles. The topological polar surface area (TPSA) is 57.5 Å². The molecular weight excluding hydrogens is 132 g/mol. The lowest BCUT2D eigenvalue weighted by molar-refractivity contribution is -0.140. The Balaban J connectivity index is 0.000000162. The summed E-state index contributed by atoms with van der Waals surface area (Å²) in [5.41, 5.74) is 0. The molecule has 0 unspecified atom stereocenters. The summed E-state index contributed by atoms with van der Waals surface area (Å²) in [4.78, 5) is 9.12. The van der Waals surface area contributed by atoms with Crippen molar-refractivity contribution in [2.24, 2.45) is 0 Å². The van der Waals surface area contributed by atoms with E-state index in [-0.39, 0.29) is 0 Å². The molecule has 1 fully saturated rings. The number of aliphatic hydroxyl groups is 1. The lowest BCUT2D eigenvalue weighted by Crippen LogP contribution is -1.98. The maximum absolute atomic E-state index is 9.12. The molecule has 1 aliphatic rings. The summed E-state index contributed by atoms with van der Waals surface area (Å²) < 4.78 is 0. The normalized spacial score (nSPS) is 15.7. The van der Waals surface area contributed by atoms with Crippen LogP contribution in [0.1, 0.15) is 32.1 Å². The number of rotatable bonds is 1. The van der Waals surface area contributed by atoms with E-state index in [0.29, 0.717) is 0 Å². The van der Waals surface area contributed by atoms with E-state index < -0.39 is 12.6 Å². The summed E-state index contributed by atoms with van der Waals surface area (Å²) in [6.45, 7) is -0.778. The Morgan fingerprint density at radius 2 is 1.30 bits per heavy atom. The molecule has 1 saturated carbocycles. The lowest BCUT2D eigenvalue weighted by Gasteiger charge is -1.72. The predicted octanol–water partition coefficient (Wildman–Crippen LogP) is 1.01. The molecule has 0 aromatic carbocycles. The average molecular weight is 146 g/mol. The maximum Gasteiger partial charge on any atom is 0.329 e. The van der Waals surface area contributed by atoms with Crippen molar-refractivity contribution in [2.45, 2.75) is 32.1 Å². The summed E-state index contributed by atoms with van der Waals surface area (Å²) in [7, 11) is 0. The van der Waals surface area contributed by atoms with Crippen molar-refractivity contribution in [1.82, 2.24) is 0 Å². The van der Waals surface area contributed by atoms with Gasteiger partial charge in [-0.2, -0.15) is 0 Å². The van der Waals surface area contributed by atoms with Crippen LogP contribution in [0.4, 0.5) is 0 Å². The average Bonchev–Trinajstić information content (AvgIpc) is 2.43. The molecule has 0 aromatic rings. The van der Waals surface area contributed by atoms with Gasteiger partial charge in [0.25, 0.3) is 0 Å². The Bertz CT molecular complexity index is 79.2. The number of carboxylic acids is 1. The molecule has 3 nitrogen and oxygen atoms in total. The smallest absolute Gasteiger partial charge is 0.329 e. The van der Waals surface area contributed by atoms with Crippen molar-refractivity contribution in [1.29, 1.82) is 0 Å². The van der Waals surface area contributed by atoms with E-state index in [4.69, 9.17) is 15.0 Å². The van der Waals surface area contributed by atoms with Gasteiger partial charge in [0.2, 0.25) is 0 Å². The van der Waals surface area contributed by atoms with Crippen LogP contribution in [0.25, 0.3) is 0 Å². The fourth-order valence-corrected chi connectivity index (χ4v) is 0.884. The second-order valence-electron chi connectivity index (χ2n) is 2.32. The van der Waals surface area contributed by atoms with Crippen LogP contribution in [0, 0.1) is 0 Å². The summed E-state index contributed by atoms with van der Waals surface area (Å²) in [6, 6.07) is 0. The molecule has 0 heterocycles. The Hall–Kier alpha value is -0.570. The molecule has 0 bridgehead atoms. The Morgan fingerprint density at radius 3 is 1.40 bits per heavy atom. The SMILES string of the molecule is C1CCCC1.O=C(O)CO. The highest BCUT2D eigenvalue weighted by Crippen LogP contribution is 2.15. The van der Waals surface area contributed by atoms with Crippen LogP contribution < -0.4 is 0 Å². The van der Waals surface area contributed by atoms with Crippen molar-refractivity contribution in [3.8, 4) is 0 Å². The minimum atomic E-state index is -1.19. The van der Waals surface area contributed by atoms with E-state index in [9.17, 15) is 0 Å². The molecule has 2 N–H and O–H groups in total. The Labute approximate surface area is 60.7 Å². The lowest BCUT2D eigenvalue weighted by atomic mass is 10.4. The molecule has 0 spiro atoms. The zero-order valence-corrected chi connectivity index (χ0v) is 6.05. The molecule has 10 heavy (non-hydrogen) atoms. The molecule has 1 rings (SSSR count). The van der Waals surface area contributed by atoms with Crippen molar-refractivity contribution in [3.63, 3.8) is 0 Å². The predicted molar refractivity (Wildman–Crippen MR) is 37.8 cm³/mol. The first-order valence-corrected chi connectivity index (χ1v) is 3.60. The van der Waals surface area contributed by atoms with Crippen LogP contribution in [-0.2, 0) is 4.79 Å². The van der Waals surface area contributed by atoms with E-state index in [2.05, 4.69) is 0 Å². The fraction of sp³-hybridized carbons (Fsp3) is 0.857. The first-order chi connectivity index (χ1) is 4.77. The van der Waals surface area contributed by atoms with Gasteiger partial charge in [-0.25, -0.2) is 4.79 Å². The van der Waals surface area contributed by atoms with Gasteiger partial charge in [0.15, 0.2) is 0 Å². The molecule has 1 aliphatic carbocycles. The zero-order valence-electron chi connectivity index (χ0n) is 6.05.